The fraction of sp³-hybridized carbons (Fsp3) is 0.409. The Balaban J connectivity index is 1.63. The Hall–Kier alpha value is -2.62. The third-order valence-electron chi connectivity index (χ3n) is 5.18. The molecule has 1 N–H and O–H groups in total. The van der Waals surface area contributed by atoms with Crippen LogP contribution in [0.3, 0.4) is 0 Å². The molecule has 31 heavy (non-hydrogen) atoms. The number of sulfonamides is 1. The van der Waals surface area contributed by atoms with Crippen LogP contribution in [0.1, 0.15) is 34.5 Å². The quantitative estimate of drug-likeness (QED) is 0.666. The summed E-state index contributed by atoms with van der Waals surface area (Å²) in [6.45, 7) is 3.45. The van der Waals surface area contributed by atoms with Crippen molar-refractivity contribution in [1.82, 2.24) is 9.62 Å². The van der Waals surface area contributed by atoms with Gasteiger partial charge in [0.05, 0.1) is 39.2 Å². The molecule has 0 saturated carbocycles. The van der Waals surface area contributed by atoms with E-state index in [1.54, 1.807) is 44.6 Å². The number of rotatable bonds is 8. The van der Waals surface area contributed by atoms with E-state index in [1.165, 1.54) is 4.31 Å². The van der Waals surface area contributed by atoms with Gasteiger partial charge in [0.1, 0.15) is 0 Å². The molecule has 9 heteroatoms. The molecule has 0 bridgehead atoms. The molecule has 1 fully saturated rings. The molecule has 0 spiro atoms. The van der Waals surface area contributed by atoms with Crippen molar-refractivity contribution < 1.29 is 27.4 Å². The van der Waals surface area contributed by atoms with E-state index in [9.17, 15) is 13.2 Å². The molecule has 0 aromatic heterocycles. The molecular weight excluding hydrogens is 420 g/mol. The van der Waals surface area contributed by atoms with Gasteiger partial charge in [-0.25, -0.2) is 8.42 Å². The van der Waals surface area contributed by atoms with Gasteiger partial charge in [0, 0.05) is 18.7 Å². The maximum absolute atomic E-state index is 12.6. The van der Waals surface area contributed by atoms with Crippen LogP contribution < -0.4 is 14.8 Å². The summed E-state index contributed by atoms with van der Waals surface area (Å²) < 4.78 is 42.3. The number of methoxy groups -OCH3 is 2. The van der Waals surface area contributed by atoms with Crippen molar-refractivity contribution in [1.29, 1.82) is 0 Å². The highest BCUT2D eigenvalue weighted by Gasteiger charge is 2.24. The zero-order valence-electron chi connectivity index (χ0n) is 18.0. The number of nitrogens with zero attached hydrogens (tertiary/aromatic N) is 1. The van der Waals surface area contributed by atoms with E-state index < -0.39 is 10.0 Å². The van der Waals surface area contributed by atoms with Crippen LogP contribution >= 0.6 is 0 Å². The van der Waals surface area contributed by atoms with Gasteiger partial charge in [-0.05, 0) is 42.3 Å². The van der Waals surface area contributed by atoms with Crippen LogP contribution in [0.5, 0.6) is 11.5 Å². The minimum absolute atomic E-state index is 0.100. The molecule has 1 amide bonds. The van der Waals surface area contributed by atoms with Crippen molar-refractivity contribution in [3.63, 3.8) is 0 Å². The molecule has 2 aromatic rings. The lowest BCUT2D eigenvalue weighted by Crippen LogP contribution is -2.41. The van der Waals surface area contributed by atoms with E-state index in [0.717, 1.165) is 5.56 Å². The summed E-state index contributed by atoms with van der Waals surface area (Å²) in [6.07, 6.45) is 0. The zero-order valence-corrected chi connectivity index (χ0v) is 18.8. The van der Waals surface area contributed by atoms with Crippen molar-refractivity contribution in [3.05, 3.63) is 59.2 Å². The van der Waals surface area contributed by atoms with Gasteiger partial charge in [-0.1, -0.05) is 18.2 Å². The molecule has 168 valence electrons. The number of ether oxygens (including phenoxy) is 3. The van der Waals surface area contributed by atoms with E-state index in [0.29, 0.717) is 48.9 Å². The lowest BCUT2D eigenvalue weighted by atomic mass is 10.1. The Morgan fingerprint density at radius 3 is 2.32 bits per heavy atom. The zero-order chi connectivity index (χ0) is 22.4. The molecule has 8 nitrogen and oxygen atoms in total. The van der Waals surface area contributed by atoms with Crippen LogP contribution in [0.4, 0.5) is 0 Å². The molecule has 1 atom stereocenters. The number of morpholine rings is 1. The van der Waals surface area contributed by atoms with Gasteiger partial charge in [-0.2, -0.15) is 4.31 Å². The maximum atomic E-state index is 12.6. The smallest absolute Gasteiger partial charge is 0.251 e. The van der Waals surface area contributed by atoms with Crippen LogP contribution in [0.2, 0.25) is 0 Å². The third kappa shape index (κ3) is 5.75. The van der Waals surface area contributed by atoms with E-state index >= 15 is 0 Å². The Kier molecular flexibility index (Phi) is 7.53. The summed E-state index contributed by atoms with van der Waals surface area (Å²) in [5, 5.41) is 2.94. The molecule has 0 aliphatic carbocycles. The van der Waals surface area contributed by atoms with Crippen molar-refractivity contribution >= 4 is 15.9 Å². The second-order valence-electron chi connectivity index (χ2n) is 7.27. The summed E-state index contributed by atoms with van der Waals surface area (Å²) in [4.78, 5) is 12.6. The number of amides is 1. The summed E-state index contributed by atoms with van der Waals surface area (Å²) in [5.41, 5.74) is 1.97. The van der Waals surface area contributed by atoms with Gasteiger partial charge in [0.25, 0.3) is 5.91 Å². The van der Waals surface area contributed by atoms with Crippen molar-refractivity contribution in [2.24, 2.45) is 0 Å². The Labute approximate surface area is 183 Å². The first-order valence-electron chi connectivity index (χ1n) is 10.0. The Morgan fingerprint density at radius 1 is 1.06 bits per heavy atom. The first-order valence-corrected chi connectivity index (χ1v) is 11.6. The number of benzene rings is 2. The molecule has 1 aliphatic heterocycles. The lowest BCUT2D eigenvalue weighted by Gasteiger charge is -2.26. The average molecular weight is 449 g/mol. The largest absolute Gasteiger partial charge is 0.493 e. The first kappa shape index (κ1) is 23.1. The minimum Gasteiger partial charge on any atom is -0.493 e. The Bertz CT molecular complexity index is 1000. The molecule has 3 rings (SSSR count). The predicted molar refractivity (Wildman–Crippen MR) is 117 cm³/mol. The summed E-state index contributed by atoms with van der Waals surface area (Å²) in [7, 11) is -0.277. The van der Waals surface area contributed by atoms with Gasteiger partial charge in [-0.3, -0.25) is 4.79 Å². The van der Waals surface area contributed by atoms with Gasteiger partial charge < -0.3 is 19.5 Å². The van der Waals surface area contributed by atoms with Crippen molar-refractivity contribution in [2.75, 3.05) is 40.5 Å². The molecule has 0 unspecified atom stereocenters. The number of carbonyl (C=O) groups excluding carboxylic acids is 1. The first-order chi connectivity index (χ1) is 14.8. The third-order valence-corrected chi connectivity index (χ3v) is 7.03. The normalized spacial score (nSPS) is 15.8. The number of hydrogen-bond acceptors (Lipinski definition) is 6. The maximum Gasteiger partial charge on any atom is 0.251 e. The molecule has 1 saturated heterocycles. The number of carbonyl (C=O) groups is 1. The van der Waals surface area contributed by atoms with Gasteiger partial charge in [0.15, 0.2) is 11.5 Å². The highest BCUT2D eigenvalue weighted by Crippen LogP contribution is 2.30. The Morgan fingerprint density at radius 2 is 1.71 bits per heavy atom. The molecule has 0 radical (unpaired) electrons. The minimum atomic E-state index is -3.41. The molecule has 1 heterocycles. The SMILES string of the molecule is COc1ccc([C@H](C)NC(=O)c2ccc(CS(=O)(=O)N3CCOCC3)cc2)cc1OC. The molecule has 2 aromatic carbocycles. The average Bonchev–Trinajstić information content (AvgIpc) is 2.79. The number of nitrogens with one attached hydrogen (secondary N) is 1. The summed E-state index contributed by atoms with van der Waals surface area (Å²) >= 11 is 0. The van der Waals surface area contributed by atoms with E-state index in [2.05, 4.69) is 5.32 Å². The van der Waals surface area contributed by atoms with Crippen LogP contribution in [0.15, 0.2) is 42.5 Å². The van der Waals surface area contributed by atoms with Crippen LogP contribution in [-0.4, -0.2) is 59.2 Å². The highest BCUT2D eigenvalue weighted by atomic mass is 32.2. The van der Waals surface area contributed by atoms with E-state index in [1.807, 2.05) is 19.1 Å². The lowest BCUT2D eigenvalue weighted by molar-refractivity contribution is 0.0729. The fourth-order valence-corrected chi connectivity index (χ4v) is 4.87. The topological polar surface area (TPSA) is 94.2 Å². The van der Waals surface area contributed by atoms with Crippen LogP contribution in [-0.2, 0) is 20.5 Å². The second kappa shape index (κ2) is 10.1. The van der Waals surface area contributed by atoms with Crippen molar-refractivity contribution in [3.8, 4) is 11.5 Å². The number of hydrogen-bond donors (Lipinski definition) is 1. The van der Waals surface area contributed by atoms with Gasteiger partial charge in [0.2, 0.25) is 10.0 Å². The van der Waals surface area contributed by atoms with E-state index in [-0.39, 0.29) is 17.7 Å². The molecule has 1 aliphatic rings. The summed E-state index contributed by atoms with van der Waals surface area (Å²) in [5.74, 6) is 0.862. The van der Waals surface area contributed by atoms with Crippen LogP contribution in [0, 0.1) is 0 Å². The standard InChI is InChI=1S/C22H28N2O6S/c1-16(19-8-9-20(28-2)21(14-19)29-3)23-22(25)18-6-4-17(5-7-18)15-31(26,27)24-10-12-30-13-11-24/h4-9,14,16H,10-13,15H2,1-3H3,(H,23,25)/t16-/m0/s1. The van der Waals surface area contributed by atoms with Crippen LogP contribution in [0.25, 0.3) is 0 Å². The monoisotopic (exact) mass is 448 g/mol. The van der Waals surface area contributed by atoms with Gasteiger partial charge in [-0.15, -0.1) is 0 Å². The van der Waals surface area contributed by atoms with Gasteiger partial charge >= 0.3 is 0 Å². The fourth-order valence-electron chi connectivity index (χ4n) is 3.36. The van der Waals surface area contributed by atoms with Crippen molar-refractivity contribution in [2.45, 2.75) is 18.7 Å². The second-order valence-corrected chi connectivity index (χ2v) is 9.24. The highest BCUT2D eigenvalue weighted by molar-refractivity contribution is 7.88. The van der Waals surface area contributed by atoms with E-state index in [4.69, 9.17) is 14.2 Å². The summed E-state index contributed by atoms with van der Waals surface area (Å²) in [6, 6.07) is 11.9. The molecular formula is C22H28N2O6S. The predicted octanol–water partition coefficient (Wildman–Crippen LogP) is 2.36.